The molecule has 2 N–H and O–H groups in total. The third kappa shape index (κ3) is 3.05. The molecule has 1 aliphatic rings. The Labute approximate surface area is 137 Å². The highest BCUT2D eigenvalue weighted by molar-refractivity contribution is 6.23. The van der Waals surface area contributed by atoms with E-state index < -0.39 is 27.0 Å². The number of carbonyl (C=O) groups excluding carboxylic acids is 1. The van der Waals surface area contributed by atoms with Gasteiger partial charge in [-0.1, -0.05) is 13.8 Å². The Balaban J connectivity index is 2.79. The van der Waals surface area contributed by atoms with Gasteiger partial charge in [0.05, 0.1) is 15.9 Å². The van der Waals surface area contributed by atoms with Crippen molar-refractivity contribution < 1.29 is 19.7 Å². The molecule has 24 heavy (non-hydrogen) atoms. The SMILES string of the molecule is CNC1=C(c2cc([N+](=O)[O-])cc([N+](=O)[O-])c2O)C(=O)CC(C)(C)C1. The van der Waals surface area contributed by atoms with Crippen LogP contribution >= 0.6 is 0 Å². The lowest BCUT2D eigenvalue weighted by Gasteiger charge is -2.32. The van der Waals surface area contributed by atoms with E-state index in [-0.39, 0.29) is 28.8 Å². The van der Waals surface area contributed by atoms with Crippen LogP contribution in [0.4, 0.5) is 11.4 Å². The number of nitro groups is 2. The van der Waals surface area contributed by atoms with Crippen LogP contribution in [0.15, 0.2) is 17.8 Å². The van der Waals surface area contributed by atoms with Crippen molar-refractivity contribution in [3.8, 4) is 5.75 Å². The molecule has 0 unspecified atom stereocenters. The molecule has 1 aliphatic carbocycles. The number of benzene rings is 1. The standard InChI is InChI=1S/C15H17N3O6/c1-15(2)6-10(16-3)13(12(19)7-15)9-4-8(17(21)22)5-11(14(9)20)18(23)24/h4-5,16,20H,6-7H2,1-3H3. The van der Waals surface area contributed by atoms with Crippen molar-refractivity contribution >= 4 is 22.7 Å². The summed E-state index contributed by atoms with van der Waals surface area (Å²) >= 11 is 0. The summed E-state index contributed by atoms with van der Waals surface area (Å²) in [4.78, 5) is 32.9. The van der Waals surface area contributed by atoms with Crippen LogP contribution in [0.2, 0.25) is 0 Å². The number of nitro benzene ring substituents is 2. The number of phenolic OH excluding ortho intramolecular Hbond substituents is 1. The maximum Gasteiger partial charge on any atom is 0.318 e. The number of nitrogens with zero attached hydrogens (tertiary/aromatic N) is 2. The van der Waals surface area contributed by atoms with Crippen molar-refractivity contribution in [2.75, 3.05) is 7.05 Å². The normalized spacial score (nSPS) is 16.9. The molecule has 0 atom stereocenters. The molecule has 0 bridgehead atoms. The highest BCUT2D eigenvalue weighted by Gasteiger charge is 2.36. The first kappa shape index (κ1) is 17.4. The van der Waals surface area contributed by atoms with E-state index in [1.165, 1.54) is 0 Å². The minimum absolute atomic E-state index is 0.0566. The molecular formula is C15H17N3O6. The lowest BCUT2D eigenvalue weighted by Crippen LogP contribution is -2.29. The predicted molar refractivity (Wildman–Crippen MR) is 85.4 cm³/mol. The van der Waals surface area contributed by atoms with Gasteiger partial charge in [0.2, 0.25) is 5.75 Å². The van der Waals surface area contributed by atoms with Crippen LogP contribution in [-0.2, 0) is 4.79 Å². The van der Waals surface area contributed by atoms with E-state index in [9.17, 15) is 30.1 Å². The highest BCUT2D eigenvalue weighted by Crippen LogP contribution is 2.44. The van der Waals surface area contributed by atoms with E-state index in [1.54, 1.807) is 7.05 Å². The van der Waals surface area contributed by atoms with Crippen LogP contribution in [0.5, 0.6) is 5.75 Å². The number of carbonyl (C=O) groups is 1. The van der Waals surface area contributed by atoms with Crippen molar-refractivity contribution in [2.45, 2.75) is 26.7 Å². The summed E-state index contributed by atoms with van der Waals surface area (Å²) in [6.45, 7) is 3.80. The van der Waals surface area contributed by atoms with Gasteiger partial charge in [-0.25, -0.2) is 0 Å². The van der Waals surface area contributed by atoms with Crippen LogP contribution in [0.1, 0.15) is 32.3 Å². The van der Waals surface area contributed by atoms with Gasteiger partial charge in [0.1, 0.15) is 0 Å². The molecule has 0 aliphatic heterocycles. The van der Waals surface area contributed by atoms with E-state index in [2.05, 4.69) is 5.32 Å². The number of rotatable bonds is 4. The summed E-state index contributed by atoms with van der Waals surface area (Å²) in [5, 5.41) is 35.2. The topological polar surface area (TPSA) is 136 Å². The molecule has 0 aromatic heterocycles. The maximum absolute atomic E-state index is 12.5. The van der Waals surface area contributed by atoms with Crippen LogP contribution in [0.3, 0.4) is 0 Å². The second kappa shape index (κ2) is 5.91. The van der Waals surface area contributed by atoms with E-state index >= 15 is 0 Å². The molecule has 0 fully saturated rings. The molecule has 9 nitrogen and oxygen atoms in total. The van der Waals surface area contributed by atoms with Gasteiger partial charge < -0.3 is 10.4 Å². The number of hydrogen-bond acceptors (Lipinski definition) is 7. The molecule has 0 amide bonds. The molecule has 0 saturated heterocycles. The van der Waals surface area contributed by atoms with Gasteiger partial charge in [0.25, 0.3) is 5.69 Å². The number of ketones is 1. The Bertz CT molecular complexity index is 782. The van der Waals surface area contributed by atoms with Crippen LogP contribution < -0.4 is 5.32 Å². The minimum Gasteiger partial charge on any atom is -0.502 e. The third-order valence-electron chi connectivity index (χ3n) is 3.93. The zero-order valence-electron chi connectivity index (χ0n) is 13.5. The molecule has 0 spiro atoms. The third-order valence-corrected chi connectivity index (χ3v) is 3.93. The Morgan fingerprint density at radius 3 is 2.29 bits per heavy atom. The molecule has 1 aromatic carbocycles. The quantitative estimate of drug-likeness (QED) is 0.637. The van der Waals surface area contributed by atoms with E-state index in [0.717, 1.165) is 6.07 Å². The van der Waals surface area contributed by atoms with E-state index in [4.69, 9.17) is 0 Å². The fourth-order valence-electron chi connectivity index (χ4n) is 2.89. The molecule has 2 rings (SSSR count). The number of Topliss-reactive ketones (excluding diaryl/α,β-unsaturated/α-hetero) is 1. The van der Waals surface area contributed by atoms with Gasteiger partial charge in [-0.15, -0.1) is 0 Å². The maximum atomic E-state index is 12.5. The van der Waals surface area contributed by atoms with Crippen LogP contribution in [-0.4, -0.2) is 27.8 Å². The fraction of sp³-hybridized carbons (Fsp3) is 0.400. The number of nitrogens with one attached hydrogen (secondary N) is 1. The summed E-state index contributed by atoms with van der Waals surface area (Å²) in [7, 11) is 1.59. The van der Waals surface area contributed by atoms with Gasteiger partial charge in [-0.3, -0.25) is 25.0 Å². The Hall–Kier alpha value is -2.97. The summed E-state index contributed by atoms with van der Waals surface area (Å²) in [5.41, 5.74) is -1.33. The number of allylic oxidation sites excluding steroid dienone is 2. The molecule has 1 aromatic rings. The summed E-state index contributed by atoms with van der Waals surface area (Å²) < 4.78 is 0. The monoisotopic (exact) mass is 335 g/mol. The average molecular weight is 335 g/mol. The van der Waals surface area contributed by atoms with Crippen molar-refractivity contribution in [3.05, 3.63) is 43.6 Å². The van der Waals surface area contributed by atoms with Gasteiger partial charge in [0.15, 0.2) is 5.78 Å². The van der Waals surface area contributed by atoms with Gasteiger partial charge in [-0.05, 0) is 11.8 Å². The van der Waals surface area contributed by atoms with Crippen molar-refractivity contribution in [1.82, 2.24) is 5.32 Å². The minimum atomic E-state index is -0.914. The lowest BCUT2D eigenvalue weighted by molar-refractivity contribution is -0.394. The first-order chi connectivity index (χ1) is 11.1. The Kier molecular flexibility index (Phi) is 4.28. The number of aromatic hydroxyl groups is 1. The van der Waals surface area contributed by atoms with Gasteiger partial charge in [-0.2, -0.15) is 0 Å². The van der Waals surface area contributed by atoms with Crippen molar-refractivity contribution in [1.29, 1.82) is 0 Å². The first-order valence-electron chi connectivity index (χ1n) is 7.17. The molecule has 128 valence electrons. The number of phenols is 1. The Morgan fingerprint density at radius 2 is 1.79 bits per heavy atom. The lowest BCUT2D eigenvalue weighted by atomic mass is 9.74. The predicted octanol–water partition coefficient (Wildman–Crippen LogP) is 2.53. The zero-order valence-corrected chi connectivity index (χ0v) is 13.5. The largest absolute Gasteiger partial charge is 0.502 e. The molecule has 0 radical (unpaired) electrons. The number of non-ortho nitro benzene ring substituents is 1. The van der Waals surface area contributed by atoms with E-state index in [0.29, 0.717) is 18.2 Å². The summed E-state index contributed by atoms with van der Waals surface area (Å²) in [5.74, 6) is -1.08. The van der Waals surface area contributed by atoms with Crippen molar-refractivity contribution in [2.24, 2.45) is 5.41 Å². The van der Waals surface area contributed by atoms with Crippen LogP contribution in [0.25, 0.3) is 5.57 Å². The van der Waals surface area contributed by atoms with Crippen molar-refractivity contribution in [3.63, 3.8) is 0 Å². The van der Waals surface area contributed by atoms with Gasteiger partial charge in [0, 0.05) is 36.4 Å². The van der Waals surface area contributed by atoms with Gasteiger partial charge >= 0.3 is 5.69 Å². The highest BCUT2D eigenvalue weighted by atomic mass is 16.6. The molecule has 0 heterocycles. The fourth-order valence-corrected chi connectivity index (χ4v) is 2.89. The first-order valence-corrected chi connectivity index (χ1v) is 7.17. The average Bonchev–Trinajstić information content (AvgIpc) is 2.45. The second-order valence-corrected chi connectivity index (χ2v) is 6.42. The number of hydrogen-bond donors (Lipinski definition) is 2. The molecular weight excluding hydrogens is 318 g/mol. The van der Waals surface area contributed by atoms with Crippen LogP contribution in [0, 0.1) is 25.6 Å². The smallest absolute Gasteiger partial charge is 0.318 e. The second-order valence-electron chi connectivity index (χ2n) is 6.42. The summed E-state index contributed by atoms with van der Waals surface area (Å²) in [6, 6.07) is 1.67. The zero-order chi connectivity index (χ0) is 18.2. The van der Waals surface area contributed by atoms with E-state index in [1.807, 2.05) is 13.8 Å². The molecule has 0 saturated carbocycles. The summed E-state index contributed by atoms with van der Waals surface area (Å²) in [6.07, 6.45) is 0.643. The molecule has 9 heteroatoms. The Morgan fingerprint density at radius 1 is 1.17 bits per heavy atom.